The van der Waals surface area contributed by atoms with Gasteiger partial charge >= 0.3 is 0 Å². The van der Waals surface area contributed by atoms with Gasteiger partial charge in [-0.15, -0.1) is 0 Å². The van der Waals surface area contributed by atoms with E-state index in [1.807, 2.05) is 19.2 Å². The lowest BCUT2D eigenvalue weighted by Crippen LogP contribution is -2.28. The van der Waals surface area contributed by atoms with E-state index in [1.165, 1.54) is 11.3 Å². The van der Waals surface area contributed by atoms with Gasteiger partial charge in [0, 0.05) is 6.20 Å². The zero-order chi connectivity index (χ0) is 18.0. The fourth-order valence-electron chi connectivity index (χ4n) is 2.21. The van der Waals surface area contributed by atoms with Gasteiger partial charge in [-0.1, -0.05) is 32.1 Å². The monoisotopic (exact) mass is 360 g/mol. The van der Waals surface area contributed by atoms with Gasteiger partial charge in [0.05, 0.1) is 11.8 Å². The number of anilines is 2. The SMILES string of the molecule is Cc1cnc(Nc2ncc(C#N)s2)cc1C(C)(C)O[SiH2]C(C)(C)C. The van der Waals surface area contributed by atoms with Crippen LogP contribution in [0.2, 0.25) is 5.04 Å². The van der Waals surface area contributed by atoms with Crippen molar-refractivity contribution in [1.29, 1.82) is 5.26 Å². The summed E-state index contributed by atoms with van der Waals surface area (Å²) in [7, 11) is -0.671. The summed E-state index contributed by atoms with van der Waals surface area (Å²) in [6, 6.07) is 4.10. The van der Waals surface area contributed by atoms with Crippen LogP contribution in [0.4, 0.5) is 10.9 Å². The molecule has 0 radical (unpaired) electrons. The minimum atomic E-state index is -0.671. The quantitative estimate of drug-likeness (QED) is 0.816. The molecule has 0 fully saturated rings. The first-order valence-electron chi connectivity index (χ1n) is 7.85. The third-order valence-electron chi connectivity index (χ3n) is 3.47. The first kappa shape index (κ1) is 18.6. The van der Waals surface area contributed by atoms with Gasteiger partial charge in [-0.2, -0.15) is 5.26 Å². The first-order chi connectivity index (χ1) is 11.1. The van der Waals surface area contributed by atoms with Gasteiger partial charge in [-0.25, -0.2) is 9.97 Å². The largest absolute Gasteiger partial charge is 0.415 e. The van der Waals surface area contributed by atoms with Gasteiger partial charge < -0.3 is 9.74 Å². The Hall–Kier alpha value is -1.75. The van der Waals surface area contributed by atoms with Crippen molar-refractivity contribution in [3.63, 3.8) is 0 Å². The van der Waals surface area contributed by atoms with Crippen molar-refractivity contribution in [2.45, 2.75) is 52.2 Å². The number of nitrogens with one attached hydrogen (secondary N) is 1. The van der Waals surface area contributed by atoms with Crippen molar-refractivity contribution < 1.29 is 4.43 Å². The van der Waals surface area contributed by atoms with Gasteiger partial charge in [-0.05, 0) is 43.0 Å². The van der Waals surface area contributed by atoms with Crippen molar-refractivity contribution >= 4 is 32.0 Å². The Balaban J connectivity index is 2.22. The number of nitriles is 1. The van der Waals surface area contributed by atoms with Crippen LogP contribution in [0.15, 0.2) is 18.5 Å². The molecule has 1 N–H and O–H groups in total. The molecule has 0 saturated carbocycles. The standard InChI is InChI=1S/C17H24N4OSSi/c1-11-9-19-14(21-15-20-10-12(8-18)23-15)7-13(11)17(5,6)22-24-16(2,3)4/h7,9-10H,24H2,1-6H3,(H,19,20,21). The number of thiazole rings is 1. The number of aromatic nitrogens is 2. The minimum Gasteiger partial charge on any atom is -0.415 e. The molecule has 2 heterocycles. The van der Waals surface area contributed by atoms with E-state index in [0.29, 0.717) is 15.8 Å². The highest BCUT2D eigenvalue weighted by Crippen LogP contribution is 2.32. The summed E-state index contributed by atoms with van der Waals surface area (Å²) in [5.74, 6) is 0.712. The highest BCUT2D eigenvalue weighted by molar-refractivity contribution is 7.16. The maximum Gasteiger partial charge on any atom is 0.189 e. The average Bonchev–Trinajstić information content (AvgIpc) is 2.94. The second-order valence-corrected chi connectivity index (χ2v) is 11.2. The van der Waals surface area contributed by atoms with Crippen molar-refractivity contribution in [3.8, 4) is 6.07 Å². The molecular formula is C17H24N4OSSi. The van der Waals surface area contributed by atoms with Crippen LogP contribution in [0.3, 0.4) is 0 Å². The number of nitrogens with zero attached hydrogens (tertiary/aromatic N) is 3. The zero-order valence-electron chi connectivity index (χ0n) is 15.1. The molecule has 24 heavy (non-hydrogen) atoms. The van der Waals surface area contributed by atoms with E-state index in [-0.39, 0.29) is 10.6 Å². The van der Waals surface area contributed by atoms with Crippen molar-refractivity contribution in [1.82, 2.24) is 9.97 Å². The van der Waals surface area contributed by atoms with Gasteiger partial charge in [0.1, 0.15) is 16.8 Å². The summed E-state index contributed by atoms with van der Waals surface area (Å²) in [5.41, 5.74) is 1.86. The molecule has 0 amide bonds. The predicted molar refractivity (Wildman–Crippen MR) is 101 cm³/mol. The Bertz CT molecular complexity index is 759. The summed E-state index contributed by atoms with van der Waals surface area (Å²) in [6.07, 6.45) is 3.41. The lowest BCUT2D eigenvalue weighted by molar-refractivity contribution is 0.109. The van der Waals surface area contributed by atoms with Gasteiger partial charge in [0.15, 0.2) is 14.9 Å². The number of rotatable bonds is 5. The second-order valence-electron chi connectivity index (χ2n) is 7.51. The van der Waals surface area contributed by atoms with E-state index in [1.54, 1.807) is 6.20 Å². The van der Waals surface area contributed by atoms with Crippen molar-refractivity contribution in [2.75, 3.05) is 5.32 Å². The van der Waals surface area contributed by atoms with Crippen molar-refractivity contribution in [2.24, 2.45) is 0 Å². The van der Waals surface area contributed by atoms with Crippen LogP contribution < -0.4 is 5.32 Å². The Labute approximate surface area is 150 Å². The van der Waals surface area contributed by atoms with Gasteiger partial charge in [-0.3, -0.25) is 0 Å². The number of hydrogen-bond acceptors (Lipinski definition) is 6. The van der Waals surface area contributed by atoms with Crippen molar-refractivity contribution in [3.05, 3.63) is 34.5 Å². The van der Waals surface area contributed by atoms with E-state index in [0.717, 1.165) is 11.1 Å². The molecule has 0 unspecified atom stereocenters. The zero-order valence-corrected chi connectivity index (χ0v) is 17.3. The molecule has 0 spiro atoms. The van der Waals surface area contributed by atoms with Crippen LogP contribution >= 0.6 is 11.3 Å². The molecule has 0 bridgehead atoms. The number of hydrogen-bond donors (Lipinski definition) is 1. The molecular weight excluding hydrogens is 336 g/mol. The summed E-state index contributed by atoms with van der Waals surface area (Å²) >= 11 is 1.31. The lowest BCUT2D eigenvalue weighted by atomic mass is 9.95. The summed E-state index contributed by atoms with van der Waals surface area (Å²) in [6.45, 7) is 12.9. The van der Waals surface area contributed by atoms with Gasteiger partial charge in [0.25, 0.3) is 0 Å². The lowest BCUT2D eigenvalue weighted by Gasteiger charge is -2.31. The Morgan fingerprint density at radius 2 is 1.92 bits per heavy atom. The van der Waals surface area contributed by atoms with E-state index in [4.69, 9.17) is 9.69 Å². The van der Waals surface area contributed by atoms with Crippen LogP contribution in [0.25, 0.3) is 0 Å². The maximum atomic E-state index is 8.89. The molecule has 5 nitrogen and oxygen atoms in total. The maximum absolute atomic E-state index is 8.89. The molecule has 0 aliphatic rings. The molecule has 7 heteroatoms. The second kappa shape index (κ2) is 7.01. The third-order valence-corrected chi connectivity index (χ3v) is 6.02. The molecule has 0 aromatic carbocycles. The molecule has 2 rings (SSSR count). The summed E-state index contributed by atoms with van der Waals surface area (Å²) in [5, 5.41) is 13.0. The molecule has 128 valence electrons. The van der Waals surface area contributed by atoms with E-state index < -0.39 is 9.76 Å². The Morgan fingerprint density at radius 1 is 1.21 bits per heavy atom. The van der Waals surface area contributed by atoms with Crippen LogP contribution in [0, 0.1) is 18.3 Å². The summed E-state index contributed by atoms with van der Waals surface area (Å²) in [4.78, 5) is 9.18. The molecule has 0 aliphatic carbocycles. The highest BCUT2D eigenvalue weighted by Gasteiger charge is 2.26. The summed E-state index contributed by atoms with van der Waals surface area (Å²) < 4.78 is 6.31. The van der Waals surface area contributed by atoms with Crippen LogP contribution in [-0.2, 0) is 10.0 Å². The minimum absolute atomic E-state index is 0.244. The fourth-order valence-corrected chi connectivity index (χ4v) is 3.78. The van der Waals surface area contributed by atoms with Crippen LogP contribution in [0.1, 0.15) is 50.6 Å². The van der Waals surface area contributed by atoms with Crippen LogP contribution in [-0.4, -0.2) is 19.7 Å². The number of aryl methyl sites for hydroxylation is 1. The first-order valence-corrected chi connectivity index (χ1v) is 9.95. The molecule has 0 aliphatic heterocycles. The average molecular weight is 361 g/mol. The van der Waals surface area contributed by atoms with Gasteiger partial charge in [0.2, 0.25) is 0 Å². The molecule has 2 aromatic rings. The molecule has 0 atom stereocenters. The third kappa shape index (κ3) is 4.87. The van der Waals surface area contributed by atoms with E-state index in [9.17, 15) is 0 Å². The van der Waals surface area contributed by atoms with E-state index in [2.05, 4.69) is 56.0 Å². The highest BCUT2D eigenvalue weighted by atomic mass is 32.1. The predicted octanol–water partition coefficient (Wildman–Crippen LogP) is 4.02. The molecule has 2 aromatic heterocycles. The fraction of sp³-hybridized carbons (Fsp3) is 0.471. The van der Waals surface area contributed by atoms with Crippen LogP contribution in [0.5, 0.6) is 0 Å². The van der Waals surface area contributed by atoms with E-state index >= 15 is 0 Å². The smallest absolute Gasteiger partial charge is 0.189 e. The normalized spacial score (nSPS) is 12.5. The topological polar surface area (TPSA) is 70.8 Å². The Morgan fingerprint density at radius 3 is 2.50 bits per heavy atom. The molecule has 0 saturated heterocycles. The Kier molecular flexibility index (Phi) is 5.43. The number of pyridine rings is 1.